The number of benzene rings is 1. The summed E-state index contributed by atoms with van der Waals surface area (Å²) in [6.45, 7) is 6.50. The normalized spacial score (nSPS) is 13.7. The molecule has 178 valence electrons. The van der Waals surface area contributed by atoms with Crippen molar-refractivity contribution in [3.05, 3.63) is 77.9 Å². The first-order valence-corrected chi connectivity index (χ1v) is 11.7. The lowest BCUT2D eigenvalue weighted by molar-refractivity contribution is 0.0735. The van der Waals surface area contributed by atoms with Gasteiger partial charge in [0.1, 0.15) is 29.0 Å². The number of carbonyl (C=O) groups is 1. The van der Waals surface area contributed by atoms with E-state index in [0.29, 0.717) is 43.5 Å². The third-order valence-corrected chi connectivity index (χ3v) is 6.06. The van der Waals surface area contributed by atoms with E-state index in [1.165, 1.54) is 0 Å². The standard InChI is InChI=1S/C26H28N8O/c1-18-9-10-27-23(15-18)30-24-17-25(29-19(2)28-24)33-11-13-34(14-12-33)26(35)22-16-21(31-32(22)3)20-7-5-4-6-8-20/h4-10,15-17H,11-14H2,1-3H3,(H,27,28,29,30). The second-order valence-corrected chi connectivity index (χ2v) is 8.69. The summed E-state index contributed by atoms with van der Waals surface area (Å²) in [4.78, 5) is 30.8. The van der Waals surface area contributed by atoms with E-state index in [2.05, 4.69) is 30.3 Å². The number of carbonyl (C=O) groups excluding carboxylic acids is 1. The Hall–Kier alpha value is -4.27. The van der Waals surface area contributed by atoms with Crippen molar-refractivity contribution < 1.29 is 4.79 Å². The monoisotopic (exact) mass is 468 g/mol. The van der Waals surface area contributed by atoms with Crippen molar-refractivity contribution in [3.63, 3.8) is 0 Å². The molecule has 0 saturated carbocycles. The molecule has 35 heavy (non-hydrogen) atoms. The van der Waals surface area contributed by atoms with Crippen molar-refractivity contribution in [1.82, 2.24) is 29.6 Å². The van der Waals surface area contributed by atoms with E-state index >= 15 is 0 Å². The topological polar surface area (TPSA) is 92.1 Å². The van der Waals surface area contributed by atoms with Gasteiger partial charge in [-0.25, -0.2) is 15.0 Å². The summed E-state index contributed by atoms with van der Waals surface area (Å²) in [7, 11) is 1.82. The zero-order chi connectivity index (χ0) is 24.4. The van der Waals surface area contributed by atoms with Crippen LogP contribution in [0.15, 0.2) is 60.8 Å². The predicted octanol–water partition coefficient (Wildman–Crippen LogP) is 3.59. The second-order valence-electron chi connectivity index (χ2n) is 8.69. The number of aromatic nitrogens is 5. The summed E-state index contributed by atoms with van der Waals surface area (Å²) >= 11 is 0. The van der Waals surface area contributed by atoms with Crippen molar-refractivity contribution in [1.29, 1.82) is 0 Å². The van der Waals surface area contributed by atoms with Crippen molar-refractivity contribution in [2.75, 3.05) is 36.4 Å². The molecule has 1 fully saturated rings. The number of hydrogen-bond donors (Lipinski definition) is 1. The van der Waals surface area contributed by atoms with Crippen molar-refractivity contribution in [3.8, 4) is 11.3 Å². The van der Waals surface area contributed by atoms with Gasteiger partial charge in [-0.3, -0.25) is 9.48 Å². The summed E-state index contributed by atoms with van der Waals surface area (Å²) in [5.41, 5.74) is 3.51. The molecule has 0 radical (unpaired) electrons. The van der Waals surface area contributed by atoms with Gasteiger partial charge < -0.3 is 15.1 Å². The van der Waals surface area contributed by atoms with Gasteiger partial charge in [0.05, 0.1) is 5.69 Å². The smallest absolute Gasteiger partial charge is 0.272 e. The van der Waals surface area contributed by atoms with Crippen LogP contribution in [0.25, 0.3) is 11.3 Å². The number of hydrogen-bond acceptors (Lipinski definition) is 7. The minimum absolute atomic E-state index is 0.00595. The van der Waals surface area contributed by atoms with Crippen LogP contribution >= 0.6 is 0 Å². The molecule has 0 unspecified atom stereocenters. The fourth-order valence-electron chi connectivity index (χ4n) is 4.23. The van der Waals surface area contributed by atoms with Gasteiger partial charge in [-0.1, -0.05) is 30.3 Å². The van der Waals surface area contributed by atoms with Crippen LogP contribution in [-0.2, 0) is 7.05 Å². The van der Waals surface area contributed by atoms with Gasteiger partial charge in [-0.15, -0.1) is 0 Å². The molecule has 1 N–H and O–H groups in total. The van der Waals surface area contributed by atoms with Crippen LogP contribution in [0.1, 0.15) is 21.9 Å². The molecule has 0 aliphatic carbocycles. The molecule has 0 bridgehead atoms. The predicted molar refractivity (Wildman–Crippen MR) is 136 cm³/mol. The maximum Gasteiger partial charge on any atom is 0.272 e. The molecule has 5 rings (SSSR count). The van der Waals surface area contributed by atoms with E-state index in [9.17, 15) is 4.79 Å². The number of piperazine rings is 1. The highest BCUT2D eigenvalue weighted by molar-refractivity contribution is 5.94. The molecule has 3 aromatic heterocycles. The lowest BCUT2D eigenvalue weighted by Gasteiger charge is -2.35. The summed E-state index contributed by atoms with van der Waals surface area (Å²) in [5.74, 6) is 2.96. The lowest BCUT2D eigenvalue weighted by Crippen LogP contribution is -2.49. The van der Waals surface area contributed by atoms with Crippen molar-refractivity contribution in [2.45, 2.75) is 13.8 Å². The molecule has 9 nitrogen and oxygen atoms in total. The van der Waals surface area contributed by atoms with Gasteiger partial charge in [0.2, 0.25) is 0 Å². The van der Waals surface area contributed by atoms with Gasteiger partial charge in [0.15, 0.2) is 0 Å². The highest BCUT2D eigenvalue weighted by Gasteiger charge is 2.26. The Kier molecular flexibility index (Phi) is 6.13. The van der Waals surface area contributed by atoms with E-state index in [1.807, 2.05) is 80.4 Å². The first-order chi connectivity index (χ1) is 17.0. The van der Waals surface area contributed by atoms with Crippen molar-refractivity contribution in [2.24, 2.45) is 7.05 Å². The average Bonchev–Trinajstić information content (AvgIpc) is 3.25. The third-order valence-electron chi connectivity index (χ3n) is 6.06. The fraction of sp³-hybridized carbons (Fsp3) is 0.269. The molecule has 0 atom stereocenters. The molecule has 1 aliphatic heterocycles. The van der Waals surface area contributed by atoms with E-state index in [4.69, 9.17) is 0 Å². The van der Waals surface area contributed by atoms with Crippen LogP contribution in [0.5, 0.6) is 0 Å². The molecular formula is C26H28N8O. The van der Waals surface area contributed by atoms with Gasteiger partial charge in [0, 0.05) is 51.1 Å². The van der Waals surface area contributed by atoms with Crippen LogP contribution in [0.2, 0.25) is 0 Å². The zero-order valence-electron chi connectivity index (χ0n) is 20.1. The third kappa shape index (κ3) is 4.98. The van der Waals surface area contributed by atoms with Crippen LogP contribution in [0.4, 0.5) is 17.5 Å². The van der Waals surface area contributed by atoms with E-state index in [-0.39, 0.29) is 5.91 Å². The molecule has 4 aromatic rings. The highest BCUT2D eigenvalue weighted by Crippen LogP contribution is 2.22. The van der Waals surface area contributed by atoms with E-state index in [0.717, 1.165) is 28.5 Å². The number of anilines is 3. The molecule has 1 amide bonds. The summed E-state index contributed by atoms with van der Waals surface area (Å²) in [6, 6.07) is 17.6. The number of amides is 1. The fourth-order valence-corrected chi connectivity index (χ4v) is 4.23. The minimum Gasteiger partial charge on any atom is -0.353 e. The summed E-state index contributed by atoms with van der Waals surface area (Å²) < 4.78 is 1.67. The van der Waals surface area contributed by atoms with Gasteiger partial charge >= 0.3 is 0 Å². The van der Waals surface area contributed by atoms with Crippen LogP contribution < -0.4 is 10.2 Å². The lowest BCUT2D eigenvalue weighted by atomic mass is 10.1. The Morgan fingerprint density at radius 2 is 1.69 bits per heavy atom. The Balaban J connectivity index is 1.26. The Labute approximate surface area is 204 Å². The Morgan fingerprint density at radius 3 is 2.43 bits per heavy atom. The number of nitrogens with one attached hydrogen (secondary N) is 1. The van der Waals surface area contributed by atoms with Crippen LogP contribution in [0.3, 0.4) is 0 Å². The molecule has 1 aromatic carbocycles. The largest absolute Gasteiger partial charge is 0.353 e. The quantitative estimate of drug-likeness (QED) is 0.478. The minimum atomic E-state index is -0.00595. The summed E-state index contributed by atoms with van der Waals surface area (Å²) in [6.07, 6.45) is 1.77. The molecule has 4 heterocycles. The number of aryl methyl sites for hydroxylation is 3. The van der Waals surface area contributed by atoms with Crippen LogP contribution in [-0.4, -0.2) is 61.7 Å². The first-order valence-electron chi connectivity index (χ1n) is 11.7. The Morgan fingerprint density at radius 1 is 0.914 bits per heavy atom. The zero-order valence-corrected chi connectivity index (χ0v) is 20.1. The van der Waals surface area contributed by atoms with Crippen LogP contribution in [0, 0.1) is 13.8 Å². The highest BCUT2D eigenvalue weighted by atomic mass is 16.2. The maximum absolute atomic E-state index is 13.3. The molecule has 1 saturated heterocycles. The maximum atomic E-state index is 13.3. The molecule has 9 heteroatoms. The molecule has 0 spiro atoms. The van der Waals surface area contributed by atoms with Gasteiger partial charge in [0.25, 0.3) is 5.91 Å². The Bertz CT molecular complexity index is 1340. The second kappa shape index (κ2) is 9.54. The van der Waals surface area contributed by atoms with E-state index in [1.54, 1.807) is 10.9 Å². The number of rotatable bonds is 5. The molecular weight excluding hydrogens is 440 g/mol. The SMILES string of the molecule is Cc1ccnc(Nc2cc(N3CCN(C(=O)c4cc(-c5ccccc5)nn4C)CC3)nc(C)n2)c1. The summed E-state index contributed by atoms with van der Waals surface area (Å²) in [5, 5.41) is 7.82. The van der Waals surface area contributed by atoms with Crippen molar-refractivity contribution >= 4 is 23.4 Å². The number of nitrogens with zero attached hydrogens (tertiary/aromatic N) is 7. The molecule has 1 aliphatic rings. The average molecular weight is 469 g/mol. The number of pyridine rings is 1. The van der Waals surface area contributed by atoms with E-state index < -0.39 is 0 Å². The first kappa shape index (κ1) is 22.5. The van der Waals surface area contributed by atoms with Gasteiger partial charge in [-0.2, -0.15) is 5.10 Å². The van der Waals surface area contributed by atoms with Gasteiger partial charge in [-0.05, 0) is 37.6 Å².